The summed E-state index contributed by atoms with van der Waals surface area (Å²) in [6.45, 7) is 8.60. The first kappa shape index (κ1) is 43.1. The van der Waals surface area contributed by atoms with E-state index in [0.29, 0.717) is 13.1 Å². The molecule has 0 saturated carbocycles. The molecule has 2 amide bonds. The standard InChI is InChI=1S/C49H67N3O4/c1-3-5-7-9-11-16-30-52(31-17-12-10-8-6-4-2)37-46-34-47(42-28-26-40(38-53)27-29-42)56-48(55-46)45-25-19-24-44(33-45)43-23-18-22-41(32-43)36-51-49(54)50-35-39-20-14-13-15-21-39/h13-15,18-29,32-33,46-48,53H,3-12,16-17,30-31,34-38H2,1-2H3,(H2,50,51,54). The van der Waals surface area contributed by atoms with Gasteiger partial charge in [0.2, 0.25) is 0 Å². The average Bonchev–Trinajstić information content (AvgIpc) is 3.25. The van der Waals surface area contributed by atoms with Gasteiger partial charge in [0.25, 0.3) is 0 Å². The second kappa shape index (κ2) is 24.6. The van der Waals surface area contributed by atoms with Crippen LogP contribution in [0.2, 0.25) is 0 Å². The number of nitrogens with one attached hydrogen (secondary N) is 2. The number of ether oxygens (including phenoxy) is 2. The van der Waals surface area contributed by atoms with Crippen LogP contribution in [0, 0.1) is 0 Å². The fraction of sp³-hybridized carbons (Fsp3) is 0.490. The Morgan fingerprint density at radius 1 is 0.625 bits per heavy atom. The Hall–Kier alpha value is -4.01. The number of aliphatic hydroxyl groups is 1. The van der Waals surface area contributed by atoms with Gasteiger partial charge in [0.1, 0.15) is 0 Å². The zero-order valence-corrected chi connectivity index (χ0v) is 34.1. The molecule has 5 rings (SSSR count). The smallest absolute Gasteiger partial charge is 0.315 e. The van der Waals surface area contributed by atoms with Crippen LogP contribution in [-0.4, -0.2) is 41.8 Å². The molecular weight excluding hydrogens is 695 g/mol. The molecule has 0 radical (unpaired) electrons. The summed E-state index contributed by atoms with van der Waals surface area (Å²) >= 11 is 0. The van der Waals surface area contributed by atoms with Crippen LogP contribution in [0.25, 0.3) is 11.1 Å². The highest BCUT2D eigenvalue weighted by atomic mass is 16.7. The number of carbonyl (C=O) groups excluding carboxylic acids is 1. The van der Waals surface area contributed by atoms with Gasteiger partial charge in [0, 0.05) is 31.6 Å². The fourth-order valence-electron chi connectivity index (χ4n) is 7.60. The number of benzene rings is 4. The van der Waals surface area contributed by atoms with Gasteiger partial charge in [-0.05, 0) is 71.4 Å². The maximum absolute atomic E-state index is 12.6. The molecule has 7 heteroatoms. The van der Waals surface area contributed by atoms with Gasteiger partial charge in [-0.15, -0.1) is 0 Å². The van der Waals surface area contributed by atoms with Crippen molar-refractivity contribution in [3.63, 3.8) is 0 Å². The van der Waals surface area contributed by atoms with Crippen molar-refractivity contribution in [1.29, 1.82) is 0 Å². The van der Waals surface area contributed by atoms with Crippen molar-refractivity contribution < 1.29 is 19.4 Å². The molecule has 3 unspecified atom stereocenters. The van der Waals surface area contributed by atoms with E-state index in [4.69, 9.17) is 9.47 Å². The van der Waals surface area contributed by atoms with Crippen molar-refractivity contribution in [1.82, 2.24) is 15.5 Å². The molecule has 4 aromatic rings. The molecule has 0 bridgehead atoms. The van der Waals surface area contributed by atoms with Crippen LogP contribution in [0.3, 0.4) is 0 Å². The van der Waals surface area contributed by atoms with Gasteiger partial charge < -0.3 is 30.1 Å². The van der Waals surface area contributed by atoms with Crippen LogP contribution < -0.4 is 10.6 Å². The van der Waals surface area contributed by atoms with Crippen LogP contribution in [0.5, 0.6) is 0 Å². The Balaban J connectivity index is 1.27. The van der Waals surface area contributed by atoms with Crippen molar-refractivity contribution in [2.24, 2.45) is 0 Å². The number of urea groups is 1. The second-order valence-electron chi connectivity index (χ2n) is 15.5. The van der Waals surface area contributed by atoms with E-state index in [9.17, 15) is 9.90 Å². The van der Waals surface area contributed by atoms with E-state index in [1.54, 1.807) is 0 Å². The Morgan fingerprint density at radius 2 is 1.21 bits per heavy atom. The third-order valence-corrected chi connectivity index (χ3v) is 10.9. The highest BCUT2D eigenvalue weighted by Crippen LogP contribution is 2.39. The lowest BCUT2D eigenvalue weighted by Gasteiger charge is -2.38. The lowest BCUT2D eigenvalue weighted by molar-refractivity contribution is -0.253. The first-order valence-corrected chi connectivity index (χ1v) is 21.5. The zero-order chi connectivity index (χ0) is 39.2. The molecule has 56 heavy (non-hydrogen) atoms. The van der Waals surface area contributed by atoms with E-state index >= 15 is 0 Å². The number of unbranched alkanes of at least 4 members (excludes halogenated alkanes) is 10. The summed E-state index contributed by atoms with van der Waals surface area (Å²) in [6, 6.07) is 34.7. The summed E-state index contributed by atoms with van der Waals surface area (Å²) in [4.78, 5) is 15.2. The van der Waals surface area contributed by atoms with Crippen LogP contribution in [0.1, 0.15) is 138 Å². The number of hydrogen-bond acceptors (Lipinski definition) is 5. The quantitative estimate of drug-likeness (QED) is 0.0619. The molecule has 3 N–H and O–H groups in total. The third kappa shape index (κ3) is 14.8. The van der Waals surface area contributed by atoms with E-state index in [2.05, 4.69) is 77.9 Å². The van der Waals surface area contributed by atoms with Crippen molar-refractivity contribution in [2.45, 2.75) is 136 Å². The normalized spacial score (nSPS) is 16.9. The van der Waals surface area contributed by atoms with Gasteiger partial charge >= 0.3 is 6.03 Å². The van der Waals surface area contributed by atoms with Crippen molar-refractivity contribution >= 4 is 6.03 Å². The largest absolute Gasteiger partial charge is 0.392 e. The van der Waals surface area contributed by atoms with Crippen LogP contribution in [-0.2, 0) is 29.2 Å². The molecule has 3 atom stereocenters. The third-order valence-electron chi connectivity index (χ3n) is 10.9. The maximum Gasteiger partial charge on any atom is 0.315 e. The van der Waals surface area contributed by atoms with Gasteiger partial charge in [0.05, 0.1) is 18.8 Å². The molecule has 1 fully saturated rings. The van der Waals surface area contributed by atoms with E-state index in [-0.39, 0.29) is 24.8 Å². The Bertz CT molecular complexity index is 1660. The van der Waals surface area contributed by atoms with Crippen molar-refractivity contribution in [3.8, 4) is 11.1 Å². The Kier molecular flexibility index (Phi) is 18.9. The van der Waals surface area contributed by atoms with Crippen LogP contribution in [0.4, 0.5) is 4.79 Å². The fourth-order valence-corrected chi connectivity index (χ4v) is 7.60. The molecule has 0 aromatic heterocycles. The van der Waals surface area contributed by atoms with Crippen molar-refractivity contribution in [2.75, 3.05) is 19.6 Å². The highest BCUT2D eigenvalue weighted by Gasteiger charge is 2.33. The van der Waals surface area contributed by atoms with Crippen LogP contribution in [0.15, 0.2) is 103 Å². The minimum absolute atomic E-state index is 0.0162. The molecular formula is C49H67N3O4. The van der Waals surface area contributed by atoms with Crippen LogP contribution >= 0.6 is 0 Å². The molecule has 1 aliphatic heterocycles. The van der Waals surface area contributed by atoms with E-state index in [1.165, 1.54) is 77.0 Å². The topological polar surface area (TPSA) is 83.1 Å². The average molecular weight is 762 g/mol. The molecule has 0 spiro atoms. The van der Waals surface area contributed by atoms with Crippen molar-refractivity contribution in [3.05, 3.63) is 131 Å². The summed E-state index contributed by atoms with van der Waals surface area (Å²) < 4.78 is 13.7. The second-order valence-corrected chi connectivity index (χ2v) is 15.5. The number of carbonyl (C=O) groups is 1. The van der Waals surface area contributed by atoms with Gasteiger partial charge in [-0.3, -0.25) is 0 Å². The van der Waals surface area contributed by atoms with Gasteiger partial charge in [0.15, 0.2) is 6.29 Å². The number of rotatable bonds is 24. The molecule has 302 valence electrons. The molecule has 1 aliphatic rings. The van der Waals surface area contributed by atoms with E-state index in [1.807, 2.05) is 54.6 Å². The minimum atomic E-state index is -0.515. The lowest BCUT2D eigenvalue weighted by Crippen LogP contribution is -2.40. The maximum atomic E-state index is 12.6. The number of hydrogen-bond donors (Lipinski definition) is 3. The SMILES string of the molecule is CCCCCCCCN(CCCCCCCC)CC1CC(c2ccc(CO)cc2)OC(c2cccc(-c3cccc(CNC(=O)NCc4ccccc4)c3)c2)O1. The summed E-state index contributed by atoms with van der Waals surface area (Å²) in [5.41, 5.74) is 7.24. The Morgan fingerprint density at radius 3 is 1.88 bits per heavy atom. The predicted molar refractivity (Wildman–Crippen MR) is 229 cm³/mol. The van der Waals surface area contributed by atoms with Gasteiger partial charge in [-0.2, -0.15) is 0 Å². The molecule has 1 heterocycles. The predicted octanol–water partition coefficient (Wildman–Crippen LogP) is 11.4. The minimum Gasteiger partial charge on any atom is -0.392 e. The summed E-state index contributed by atoms with van der Waals surface area (Å²) in [6.07, 6.45) is 15.7. The monoisotopic (exact) mass is 762 g/mol. The first-order chi connectivity index (χ1) is 27.5. The summed E-state index contributed by atoms with van der Waals surface area (Å²) in [5.74, 6) is 0. The number of nitrogens with zero attached hydrogens (tertiary/aromatic N) is 1. The van der Waals surface area contributed by atoms with E-state index in [0.717, 1.165) is 65.0 Å². The molecule has 0 aliphatic carbocycles. The zero-order valence-electron chi connectivity index (χ0n) is 34.1. The Labute approximate surface area is 337 Å². The first-order valence-electron chi connectivity index (χ1n) is 21.5. The molecule has 7 nitrogen and oxygen atoms in total. The summed E-state index contributed by atoms with van der Waals surface area (Å²) in [7, 11) is 0. The lowest BCUT2D eigenvalue weighted by atomic mass is 9.98. The number of aliphatic hydroxyl groups excluding tert-OH is 1. The van der Waals surface area contributed by atoms with E-state index < -0.39 is 6.29 Å². The summed E-state index contributed by atoms with van der Waals surface area (Å²) in [5, 5.41) is 15.6. The molecule has 1 saturated heterocycles. The van der Waals surface area contributed by atoms with Gasteiger partial charge in [-0.1, -0.05) is 169 Å². The number of amides is 2. The molecule has 4 aromatic carbocycles. The highest BCUT2D eigenvalue weighted by molar-refractivity contribution is 5.74. The van der Waals surface area contributed by atoms with Gasteiger partial charge in [-0.25, -0.2) is 4.79 Å².